The predicted molar refractivity (Wildman–Crippen MR) is 119 cm³/mol. The highest BCUT2D eigenvalue weighted by Crippen LogP contribution is 2.22. The number of halogens is 2. The Labute approximate surface area is 193 Å². The summed E-state index contributed by atoms with van der Waals surface area (Å²) in [6.45, 7) is 5.71. The first kappa shape index (κ1) is 24.8. The van der Waals surface area contributed by atoms with Gasteiger partial charge < -0.3 is 19.7 Å². The SMILES string of the molecule is CC(C)CC(NC(=O)CN(C)C)c1nnc2n1CCN(C(=O)Cc1cc(F)ccc1F)CC2. The van der Waals surface area contributed by atoms with Crippen LogP contribution in [0.4, 0.5) is 8.78 Å². The van der Waals surface area contributed by atoms with Gasteiger partial charge in [0.25, 0.3) is 0 Å². The van der Waals surface area contributed by atoms with Gasteiger partial charge in [0.2, 0.25) is 11.8 Å². The van der Waals surface area contributed by atoms with Gasteiger partial charge in [0.1, 0.15) is 17.5 Å². The number of aromatic nitrogens is 3. The molecule has 2 aromatic rings. The van der Waals surface area contributed by atoms with E-state index in [1.807, 2.05) is 18.7 Å². The zero-order valence-electron chi connectivity index (χ0n) is 19.6. The number of hydrogen-bond acceptors (Lipinski definition) is 5. The van der Waals surface area contributed by atoms with Crippen molar-refractivity contribution in [1.29, 1.82) is 0 Å². The Morgan fingerprint density at radius 3 is 2.61 bits per heavy atom. The minimum atomic E-state index is -0.594. The van der Waals surface area contributed by atoms with Crippen LogP contribution in [-0.2, 0) is 29.0 Å². The Bertz CT molecular complexity index is 991. The van der Waals surface area contributed by atoms with E-state index in [-0.39, 0.29) is 36.4 Å². The molecule has 0 aliphatic carbocycles. The third kappa shape index (κ3) is 6.56. The second kappa shape index (κ2) is 10.8. The van der Waals surface area contributed by atoms with E-state index in [2.05, 4.69) is 29.4 Å². The summed E-state index contributed by atoms with van der Waals surface area (Å²) in [7, 11) is 3.67. The Balaban J connectivity index is 1.72. The summed E-state index contributed by atoms with van der Waals surface area (Å²) >= 11 is 0. The quantitative estimate of drug-likeness (QED) is 0.649. The van der Waals surface area contributed by atoms with Crippen molar-refractivity contribution in [2.75, 3.05) is 33.7 Å². The summed E-state index contributed by atoms with van der Waals surface area (Å²) in [5, 5.41) is 11.8. The van der Waals surface area contributed by atoms with Crippen molar-refractivity contribution in [3.05, 3.63) is 47.0 Å². The Morgan fingerprint density at radius 1 is 1.15 bits per heavy atom. The van der Waals surface area contributed by atoms with Gasteiger partial charge in [0.05, 0.1) is 19.0 Å². The number of rotatable bonds is 8. The van der Waals surface area contributed by atoms with Crippen molar-refractivity contribution in [2.45, 2.75) is 45.7 Å². The van der Waals surface area contributed by atoms with Crippen LogP contribution >= 0.6 is 0 Å². The number of amides is 2. The highest BCUT2D eigenvalue weighted by molar-refractivity contribution is 5.79. The molecule has 0 radical (unpaired) electrons. The Morgan fingerprint density at radius 2 is 1.91 bits per heavy atom. The van der Waals surface area contributed by atoms with Gasteiger partial charge in [0.15, 0.2) is 5.82 Å². The molecule has 1 aromatic carbocycles. The second-order valence-corrected chi connectivity index (χ2v) is 9.16. The molecule has 10 heteroatoms. The first-order valence-corrected chi connectivity index (χ1v) is 11.2. The van der Waals surface area contributed by atoms with Crippen molar-refractivity contribution in [1.82, 2.24) is 29.9 Å². The molecule has 2 heterocycles. The number of carbonyl (C=O) groups excluding carboxylic acids is 2. The molecule has 1 atom stereocenters. The lowest BCUT2D eigenvalue weighted by Gasteiger charge is -2.23. The van der Waals surface area contributed by atoms with Gasteiger partial charge in [-0.05, 0) is 44.6 Å². The summed E-state index contributed by atoms with van der Waals surface area (Å²) in [5.74, 6) is 0.225. The van der Waals surface area contributed by atoms with Crippen LogP contribution in [0.3, 0.4) is 0 Å². The standard InChI is InChI=1S/C23H32F2N6O2/c1-15(2)11-19(26-21(32)14-29(3)4)23-28-27-20-7-8-30(9-10-31(20)23)22(33)13-16-12-17(24)5-6-18(16)25/h5-6,12,15,19H,7-11,13-14H2,1-4H3,(H,26,32). The lowest BCUT2D eigenvalue weighted by atomic mass is 10.0. The van der Waals surface area contributed by atoms with Crippen LogP contribution < -0.4 is 5.32 Å². The molecule has 0 saturated heterocycles. The van der Waals surface area contributed by atoms with E-state index in [4.69, 9.17) is 0 Å². The summed E-state index contributed by atoms with van der Waals surface area (Å²) in [6.07, 6.45) is 0.997. The van der Waals surface area contributed by atoms with Crippen LogP contribution in [-0.4, -0.2) is 70.1 Å². The molecule has 3 rings (SSSR count). The van der Waals surface area contributed by atoms with E-state index in [9.17, 15) is 18.4 Å². The van der Waals surface area contributed by atoms with Crippen LogP contribution in [0.2, 0.25) is 0 Å². The van der Waals surface area contributed by atoms with Crippen LogP contribution in [0.15, 0.2) is 18.2 Å². The number of nitrogens with one attached hydrogen (secondary N) is 1. The predicted octanol–water partition coefficient (Wildman–Crippen LogP) is 1.95. The van der Waals surface area contributed by atoms with Crippen molar-refractivity contribution in [3.63, 3.8) is 0 Å². The van der Waals surface area contributed by atoms with E-state index in [1.54, 1.807) is 9.80 Å². The summed E-state index contributed by atoms with van der Waals surface area (Å²) in [4.78, 5) is 28.7. The molecule has 8 nitrogen and oxygen atoms in total. The van der Waals surface area contributed by atoms with E-state index < -0.39 is 11.6 Å². The molecule has 1 aromatic heterocycles. The molecular weight excluding hydrogens is 430 g/mol. The first-order chi connectivity index (χ1) is 15.6. The number of fused-ring (bicyclic) bond motifs is 1. The Kier molecular flexibility index (Phi) is 8.12. The van der Waals surface area contributed by atoms with Crippen molar-refractivity contribution < 1.29 is 18.4 Å². The van der Waals surface area contributed by atoms with Gasteiger partial charge in [-0.2, -0.15) is 0 Å². The summed E-state index contributed by atoms with van der Waals surface area (Å²) < 4.78 is 29.4. The van der Waals surface area contributed by atoms with E-state index in [0.717, 1.165) is 24.0 Å². The number of nitrogens with zero attached hydrogens (tertiary/aromatic N) is 5. The number of hydrogen-bond donors (Lipinski definition) is 1. The average molecular weight is 463 g/mol. The van der Waals surface area contributed by atoms with Crippen molar-refractivity contribution >= 4 is 11.8 Å². The highest BCUT2D eigenvalue weighted by Gasteiger charge is 2.27. The fraction of sp³-hybridized carbons (Fsp3) is 0.565. The maximum atomic E-state index is 14.0. The largest absolute Gasteiger partial charge is 0.345 e. The highest BCUT2D eigenvalue weighted by atomic mass is 19.1. The molecule has 1 aliphatic rings. The molecule has 1 N–H and O–H groups in total. The second-order valence-electron chi connectivity index (χ2n) is 9.16. The minimum absolute atomic E-state index is 0.0462. The minimum Gasteiger partial charge on any atom is -0.345 e. The summed E-state index contributed by atoms with van der Waals surface area (Å²) in [6, 6.07) is 2.84. The smallest absolute Gasteiger partial charge is 0.234 e. The lowest BCUT2D eigenvalue weighted by Crippen LogP contribution is -2.38. The fourth-order valence-electron chi connectivity index (χ4n) is 4.03. The average Bonchev–Trinajstić information content (AvgIpc) is 3.00. The fourth-order valence-corrected chi connectivity index (χ4v) is 4.03. The van der Waals surface area contributed by atoms with E-state index in [0.29, 0.717) is 44.2 Å². The molecular formula is C23H32F2N6O2. The van der Waals surface area contributed by atoms with Crippen LogP contribution in [0.25, 0.3) is 0 Å². The van der Waals surface area contributed by atoms with E-state index in [1.165, 1.54) is 0 Å². The first-order valence-electron chi connectivity index (χ1n) is 11.2. The van der Waals surface area contributed by atoms with Crippen LogP contribution in [0.1, 0.15) is 43.5 Å². The van der Waals surface area contributed by atoms with Crippen LogP contribution in [0.5, 0.6) is 0 Å². The lowest BCUT2D eigenvalue weighted by molar-refractivity contribution is -0.130. The molecule has 0 bridgehead atoms. The number of carbonyl (C=O) groups is 2. The molecule has 0 fully saturated rings. The zero-order valence-corrected chi connectivity index (χ0v) is 19.6. The number of likely N-dealkylation sites (N-methyl/N-ethyl adjacent to an activating group) is 1. The van der Waals surface area contributed by atoms with Gasteiger partial charge in [0, 0.05) is 31.6 Å². The monoisotopic (exact) mass is 462 g/mol. The van der Waals surface area contributed by atoms with Gasteiger partial charge in [-0.1, -0.05) is 13.8 Å². The van der Waals surface area contributed by atoms with E-state index >= 15 is 0 Å². The topological polar surface area (TPSA) is 83.4 Å². The maximum absolute atomic E-state index is 14.0. The van der Waals surface area contributed by atoms with Gasteiger partial charge in [-0.3, -0.25) is 9.59 Å². The van der Waals surface area contributed by atoms with Gasteiger partial charge in [-0.25, -0.2) is 8.78 Å². The third-order valence-electron chi connectivity index (χ3n) is 5.57. The maximum Gasteiger partial charge on any atom is 0.234 e. The molecule has 1 unspecified atom stereocenters. The van der Waals surface area contributed by atoms with Gasteiger partial charge in [-0.15, -0.1) is 10.2 Å². The molecule has 1 aliphatic heterocycles. The third-order valence-corrected chi connectivity index (χ3v) is 5.57. The van der Waals surface area contributed by atoms with Crippen LogP contribution in [0, 0.1) is 17.6 Å². The van der Waals surface area contributed by atoms with Crippen molar-refractivity contribution in [3.8, 4) is 0 Å². The molecule has 180 valence electrons. The van der Waals surface area contributed by atoms with Crippen molar-refractivity contribution in [2.24, 2.45) is 5.92 Å². The molecule has 33 heavy (non-hydrogen) atoms. The van der Waals surface area contributed by atoms with Gasteiger partial charge >= 0.3 is 0 Å². The zero-order chi connectivity index (χ0) is 24.1. The number of benzene rings is 1. The normalized spacial score (nSPS) is 14.8. The Hall–Kier alpha value is -2.88. The molecule has 0 spiro atoms. The summed E-state index contributed by atoms with van der Waals surface area (Å²) in [5.41, 5.74) is 0.0462. The molecule has 2 amide bonds. The molecule has 0 saturated carbocycles.